The number of likely N-dealkylation sites (tertiary alicyclic amines) is 1. The fourth-order valence-corrected chi connectivity index (χ4v) is 2.77. The third-order valence-electron chi connectivity index (χ3n) is 3.90. The van der Waals surface area contributed by atoms with E-state index < -0.39 is 0 Å². The van der Waals surface area contributed by atoms with Crippen LogP contribution in [0.2, 0.25) is 0 Å². The molecule has 3 rings (SSSR count). The quantitative estimate of drug-likeness (QED) is 0.807. The molecular formula is C16H19N3O4. The number of hydrogen-bond donors (Lipinski definition) is 0. The molecule has 2 aromatic heterocycles. The molecule has 122 valence electrons. The van der Waals surface area contributed by atoms with Crippen molar-refractivity contribution >= 4 is 11.9 Å². The van der Waals surface area contributed by atoms with Crippen LogP contribution in [0.25, 0.3) is 0 Å². The summed E-state index contributed by atoms with van der Waals surface area (Å²) in [4.78, 5) is 25.8. The molecule has 1 aliphatic heterocycles. The molecule has 3 heterocycles. The zero-order chi connectivity index (χ0) is 16.2. The van der Waals surface area contributed by atoms with Crippen molar-refractivity contribution in [1.82, 2.24) is 14.7 Å². The van der Waals surface area contributed by atoms with E-state index in [4.69, 9.17) is 9.15 Å². The van der Waals surface area contributed by atoms with Crippen molar-refractivity contribution in [3.63, 3.8) is 0 Å². The molecule has 1 unspecified atom stereocenters. The van der Waals surface area contributed by atoms with Gasteiger partial charge in [-0.2, -0.15) is 5.10 Å². The first-order valence-corrected chi connectivity index (χ1v) is 7.73. The first-order valence-electron chi connectivity index (χ1n) is 7.73. The average Bonchev–Trinajstić information content (AvgIpc) is 3.26. The minimum atomic E-state index is -0.377. The first kappa shape index (κ1) is 15.3. The van der Waals surface area contributed by atoms with E-state index in [0.29, 0.717) is 31.0 Å². The van der Waals surface area contributed by atoms with Crippen molar-refractivity contribution in [1.29, 1.82) is 0 Å². The van der Waals surface area contributed by atoms with Crippen LogP contribution in [0.5, 0.6) is 0 Å². The summed E-state index contributed by atoms with van der Waals surface area (Å²) < 4.78 is 11.9. The highest BCUT2D eigenvalue weighted by Gasteiger charge is 2.27. The van der Waals surface area contributed by atoms with Crippen LogP contribution < -0.4 is 0 Å². The molecule has 7 heteroatoms. The van der Waals surface area contributed by atoms with E-state index in [0.717, 1.165) is 12.8 Å². The molecule has 0 aromatic carbocycles. The van der Waals surface area contributed by atoms with Gasteiger partial charge in [0, 0.05) is 19.3 Å². The van der Waals surface area contributed by atoms with Crippen LogP contribution in [0.4, 0.5) is 0 Å². The summed E-state index contributed by atoms with van der Waals surface area (Å²) in [5, 5.41) is 4.25. The zero-order valence-corrected chi connectivity index (χ0v) is 13.0. The molecule has 0 bridgehead atoms. The summed E-state index contributed by atoms with van der Waals surface area (Å²) in [6.07, 6.45) is 6.47. The lowest BCUT2D eigenvalue weighted by molar-refractivity contribution is 0.0524. The number of rotatable bonds is 4. The molecule has 0 aliphatic carbocycles. The normalized spacial score (nSPS) is 18.0. The second-order valence-corrected chi connectivity index (χ2v) is 5.45. The molecule has 0 N–H and O–H groups in total. The highest BCUT2D eigenvalue weighted by molar-refractivity contribution is 5.91. The Morgan fingerprint density at radius 2 is 2.35 bits per heavy atom. The molecule has 23 heavy (non-hydrogen) atoms. The van der Waals surface area contributed by atoms with Crippen molar-refractivity contribution < 1.29 is 18.7 Å². The van der Waals surface area contributed by atoms with Crippen molar-refractivity contribution in [3.8, 4) is 0 Å². The fourth-order valence-electron chi connectivity index (χ4n) is 2.77. The van der Waals surface area contributed by atoms with Gasteiger partial charge in [0.25, 0.3) is 5.91 Å². The Bertz CT molecular complexity index is 677. The van der Waals surface area contributed by atoms with E-state index in [9.17, 15) is 9.59 Å². The summed E-state index contributed by atoms with van der Waals surface area (Å²) in [6, 6.07) is 3.41. The number of piperidine rings is 1. The minimum Gasteiger partial charge on any atom is -0.462 e. The Morgan fingerprint density at radius 1 is 1.48 bits per heavy atom. The lowest BCUT2D eigenvalue weighted by atomic mass is 10.1. The Kier molecular flexibility index (Phi) is 4.45. The van der Waals surface area contributed by atoms with Crippen LogP contribution in [0.3, 0.4) is 0 Å². The topological polar surface area (TPSA) is 77.6 Å². The van der Waals surface area contributed by atoms with E-state index in [1.807, 2.05) is 0 Å². The second-order valence-electron chi connectivity index (χ2n) is 5.45. The molecular weight excluding hydrogens is 298 g/mol. The number of amides is 1. The van der Waals surface area contributed by atoms with Crippen LogP contribution >= 0.6 is 0 Å². The van der Waals surface area contributed by atoms with Gasteiger partial charge in [-0.1, -0.05) is 0 Å². The van der Waals surface area contributed by atoms with Gasteiger partial charge in [-0.3, -0.25) is 9.48 Å². The van der Waals surface area contributed by atoms with E-state index >= 15 is 0 Å². The number of carbonyl (C=O) groups excluding carboxylic acids is 2. The van der Waals surface area contributed by atoms with Crippen LogP contribution in [0.15, 0.2) is 35.2 Å². The zero-order valence-electron chi connectivity index (χ0n) is 13.0. The maximum Gasteiger partial charge on any atom is 0.341 e. The van der Waals surface area contributed by atoms with Crippen molar-refractivity contribution in [2.45, 2.75) is 25.8 Å². The number of ether oxygens (including phenoxy) is 1. The van der Waals surface area contributed by atoms with Crippen molar-refractivity contribution in [3.05, 3.63) is 42.1 Å². The first-order chi connectivity index (χ1) is 11.2. The average molecular weight is 317 g/mol. The molecule has 0 spiro atoms. The summed E-state index contributed by atoms with van der Waals surface area (Å²) in [6.45, 7) is 3.34. The van der Waals surface area contributed by atoms with E-state index in [2.05, 4.69) is 5.10 Å². The van der Waals surface area contributed by atoms with Crippen LogP contribution in [-0.2, 0) is 4.74 Å². The van der Waals surface area contributed by atoms with Crippen LogP contribution in [0.1, 0.15) is 46.7 Å². The molecule has 1 aliphatic rings. The van der Waals surface area contributed by atoms with Gasteiger partial charge in [0.2, 0.25) is 0 Å². The van der Waals surface area contributed by atoms with Gasteiger partial charge in [-0.15, -0.1) is 0 Å². The molecule has 1 amide bonds. The fraction of sp³-hybridized carbons (Fsp3) is 0.438. The molecule has 0 radical (unpaired) electrons. The standard InChI is InChI=1S/C16H19N3O4/c1-2-22-16(21)12-9-17-19(10-12)13-5-3-7-18(11-13)15(20)14-6-4-8-23-14/h4,6,8-10,13H,2-3,5,7,11H2,1H3. The van der Waals surface area contributed by atoms with Gasteiger partial charge in [0.1, 0.15) is 0 Å². The van der Waals surface area contributed by atoms with Crippen molar-refractivity contribution in [2.75, 3.05) is 19.7 Å². The molecule has 7 nitrogen and oxygen atoms in total. The summed E-state index contributed by atoms with van der Waals surface area (Å²) in [5.74, 6) is -0.145. The number of furan rings is 1. The highest BCUT2D eigenvalue weighted by atomic mass is 16.5. The Balaban J connectivity index is 1.69. The van der Waals surface area contributed by atoms with Crippen LogP contribution in [-0.4, -0.2) is 46.3 Å². The summed E-state index contributed by atoms with van der Waals surface area (Å²) in [7, 11) is 0. The monoisotopic (exact) mass is 317 g/mol. The predicted molar refractivity (Wildman–Crippen MR) is 81.1 cm³/mol. The van der Waals surface area contributed by atoms with Gasteiger partial charge in [-0.25, -0.2) is 4.79 Å². The lowest BCUT2D eigenvalue weighted by Crippen LogP contribution is -2.40. The maximum absolute atomic E-state index is 12.4. The number of esters is 1. The molecule has 2 aromatic rings. The van der Waals surface area contributed by atoms with Crippen molar-refractivity contribution in [2.24, 2.45) is 0 Å². The SMILES string of the molecule is CCOC(=O)c1cnn(C2CCCN(C(=O)c3ccco3)C2)c1. The smallest absolute Gasteiger partial charge is 0.341 e. The Labute approximate surface area is 133 Å². The maximum atomic E-state index is 12.4. The van der Waals surface area contributed by atoms with Gasteiger partial charge >= 0.3 is 5.97 Å². The number of carbonyl (C=O) groups is 2. The summed E-state index contributed by atoms with van der Waals surface area (Å²) in [5.41, 5.74) is 0.432. The van der Waals surface area contributed by atoms with E-state index in [1.54, 1.807) is 34.8 Å². The minimum absolute atomic E-state index is 0.0471. The molecule has 1 fully saturated rings. The van der Waals surface area contributed by atoms with E-state index in [-0.39, 0.29) is 17.9 Å². The molecule has 0 saturated carbocycles. The predicted octanol–water partition coefficient (Wildman–Crippen LogP) is 2.13. The molecule has 1 saturated heterocycles. The Morgan fingerprint density at radius 3 is 3.09 bits per heavy atom. The second kappa shape index (κ2) is 6.68. The van der Waals surface area contributed by atoms with Gasteiger partial charge in [0.05, 0.1) is 30.7 Å². The molecule has 1 atom stereocenters. The van der Waals surface area contributed by atoms with Gasteiger partial charge in [-0.05, 0) is 31.9 Å². The largest absolute Gasteiger partial charge is 0.462 e. The lowest BCUT2D eigenvalue weighted by Gasteiger charge is -2.32. The third kappa shape index (κ3) is 3.28. The van der Waals surface area contributed by atoms with E-state index in [1.165, 1.54) is 12.5 Å². The number of hydrogen-bond acceptors (Lipinski definition) is 5. The number of nitrogens with zero attached hydrogens (tertiary/aromatic N) is 3. The number of aromatic nitrogens is 2. The Hall–Kier alpha value is -2.57. The summed E-state index contributed by atoms with van der Waals surface area (Å²) >= 11 is 0. The highest BCUT2D eigenvalue weighted by Crippen LogP contribution is 2.23. The van der Waals surface area contributed by atoms with Crippen LogP contribution in [0, 0.1) is 0 Å². The van der Waals surface area contributed by atoms with Gasteiger partial charge in [0.15, 0.2) is 5.76 Å². The van der Waals surface area contributed by atoms with Gasteiger partial charge < -0.3 is 14.1 Å². The third-order valence-corrected chi connectivity index (χ3v) is 3.90.